The van der Waals surface area contributed by atoms with Crippen LogP contribution in [0, 0.1) is 12.8 Å². The lowest BCUT2D eigenvalue weighted by molar-refractivity contribution is 0.102. The number of rotatable bonds is 2. The molecule has 1 heterocycles. The third-order valence-corrected chi connectivity index (χ3v) is 5.01. The Kier molecular flexibility index (Phi) is 3.62. The van der Waals surface area contributed by atoms with E-state index in [2.05, 4.69) is 12.2 Å². The highest BCUT2D eigenvalue weighted by molar-refractivity contribution is 7.10. The molecule has 1 aliphatic carbocycles. The fourth-order valence-electron chi connectivity index (χ4n) is 2.70. The molecule has 0 radical (unpaired) electrons. The molecule has 1 amide bonds. The van der Waals surface area contributed by atoms with Crippen molar-refractivity contribution >= 4 is 22.9 Å². The smallest absolute Gasteiger partial charge is 0.256 e. The first kappa shape index (κ1) is 13.4. The van der Waals surface area contributed by atoms with Crippen LogP contribution in [0.15, 0.2) is 29.6 Å². The Balaban J connectivity index is 1.79. The van der Waals surface area contributed by atoms with Crippen LogP contribution in [-0.4, -0.2) is 5.91 Å². The molecule has 1 aromatic carbocycles. The van der Waals surface area contributed by atoms with Gasteiger partial charge in [0.25, 0.3) is 5.91 Å². The molecule has 0 bridgehead atoms. The standard InChI is InChI=1S/C17H19NOS/c1-11-3-6-13(7-4-11)18-17(19)15-10-20-16-9-12(2)5-8-14(15)16/h3-4,6-7,10,12H,5,8-9H2,1-2H3,(H,18,19). The molecule has 0 aliphatic heterocycles. The number of aryl methyl sites for hydroxylation is 1. The van der Waals surface area contributed by atoms with Gasteiger partial charge >= 0.3 is 0 Å². The largest absolute Gasteiger partial charge is 0.322 e. The summed E-state index contributed by atoms with van der Waals surface area (Å²) < 4.78 is 0. The number of fused-ring (bicyclic) bond motifs is 1. The highest BCUT2D eigenvalue weighted by Gasteiger charge is 2.23. The minimum atomic E-state index is 0.0286. The molecule has 3 rings (SSSR count). The van der Waals surface area contributed by atoms with Gasteiger partial charge in [0.05, 0.1) is 5.56 Å². The molecule has 2 aromatic rings. The van der Waals surface area contributed by atoms with Crippen LogP contribution in [0.4, 0.5) is 5.69 Å². The summed E-state index contributed by atoms with van der Waals surface area (Å²) in [4.78, 5) is 13.8. The van der Waals surface area contributed by atoms with Crippen LogP contribution in [0.5, 0.6) is 0 Å². The Morgan fingerprint density at radius 1 is 1.30 bits per heavy atom. The number of hydrogen-bond donors (Lipinski definition) is 1. The lowest BCUT2D eigenvalue weighted by atomic mass is 9.88. The second kappa shape index (κ2) is 5.41. The maximum atomic E-state index is 12.4. The zero-order valence-electron chi connectivity index (χ0n) is 11.9. The van der Waals surface area contributed by atoms with Crippen LogP contribution in [0.3, 0.4) is 0 Å². The quantitative estimate of drug-likeness (QED) is 0.868. The van der Waals surface area contributed by atoms with Crippen molar-refractivity contribution in [1.82, 2.24) is 0 Å². The molecule has 0 spiro atoms. The van der Waals surface area contributed by atoms with Gasteiger partial charge in [-0.1, -0.05) is 24.6 Å². The zero-order chi connectivity index (χ0) is 14.1. The fourth-order valence-corrected chi connectivity index (χ4v) is 3.95. The van der Waals surface area contributed by atoms with E-state index in [-0.39, 0.29) is 5.91 Å². The zero-order valence-corrected chi connectivity index (χ0v) is 12.7. The molecule has 0 fully saturated rings. The summed E-state index contributed by atoms with van der Waals surface area (Å²) in [5, 5.41) is 5.02. The van der Waals surface area contributed by atoms with Gasteiger partial charge in [-0.15, -0.1) is 11.3 Å². The van der Waals surface area contributed by atoms with Gasteiger partial charge in [-0.25, -0.2) is 0 Å². The van der Waals surface area contributed by atoms with Gasteiger partial charge in [0.1, 0.15) is 0 Å². The predicted octanol–water partition coefficient (Wildman–Crippen LogP) is 4.43. The average Bonchev–Trinajstić information content (AvgIpc) is 2.84. The van der Waals surface area contributed by atoms with Gasteiger partial charge in [-0.2, -0.15) is 0 Å². The number of nitrogens with one attached hydrogen (secondary N) is 1. The number of benzene rings is 1. The van der Waals surface area contributed by atoms with E-state index in [1.165, 1.54) is 22.4 Å². The van der Waals surface area contributed by atoms with Crippen molar-refractivity contribution in [2.45, 2.75) is 33.1 Å². The number of hydrogen-bond acceptors (Lipinski definition) is 2. The second-order valence-electron chi connectivity index (χ2n) is 5.72. The van der Waals surface area contributed by atoms with Crippen LogP contribution in [0.1, 0.15) is 39.7 Å². The van der Waals surface area contributed by atoms with E-state index in [0.29, 0.717) is 0 Å². The molecule has 1 aliphatic rings. The Morgan fingerprint density at radius 2 is 2.05 bits per heavy atom. The molecule has 0 saturated carbocycles. The highest BCUT2D eigenvalue weighted by Crippen LogP contribution is 2.33. The Labute approximate surface area is 123 Å². The summed E-state index contributed by atoms with van der Waals surface area (Å²) >= 11 is 1.74. The number of thiophene rings is 1. The van der Waals surface area contributed by atoms with Crippen LogP contribution in [0.25, 0.3) is 0 Å². The molecule has 1 N–H and O–H groups in total. The molecule has 2 nitrogen and oxygen atoms in total. The normalized spacial score (nSPS) is 17.6. The van der Waals surface area contributed by atoms with E-state index in [1.54, 1.807) is 11.3 Å². The predicted molar refractivity (Wildman–Crippen MR) is 84.6 cm³/mol. The molecule has 1 aromatic heterocycles. The van der Waals surface area contributed by atoms with Crippen molar-refractivity contribution in [1.29, 1.82) is 0 Å². The molecular formula is C17H19NOS. The SMILES string of the molecule is Cc1ccc(NC(=O)c2csc3c2CCC(C)C3)cc1. The summed E-state index contributed by atoms with van der Waals surface area (Å²) in [6.45, 7) is 4.33. The molecule has 1 atom stereocenters. The Hall–Kier alpha value is -1.61. The minimum absolute atomic E-state index is 0.0286. The van der Waals surface area contributed by atoms with Crippen LogP contribution in [0.2, 0.25) is 0 Å². The topological polar surface area (TPSA) is 29.1 Å². The van der Waals surface area contributed by atoms with E-state index in [4.69, 9.17) is 0 Å². The van der Waals surface area contributed by atoms with Crippen LogP contribution in [-0.2, 0) is 12.8 Å². The van der Waals surface area contributed by atoms with E-state index < -0.39 is 0 Å². The molecule has 20 heavy (non-hydrogen) atoms. The molecule has 1 unspecified atom stereocenters. The maximum absolute atomic E-state index is 12.4. The number of carbonyl (C=O) groups is 1. The van der Waals surface area contributed by atoms with Crippen molar-refractivity contribution in [2.24, 2.45) is 5.92 Å². The second-order valence-corrected chi connectivity index (χ2v) is 6.68. The number of amides is 1. The van der Waals surface area contributed by atoms with E-state index >= 15 is 0 Å². The summed E-state index contributed by atoms with van der Waals surface area (Å²) in [7, 11) is 0. The van der Waals surface area contributed by atoms with Gasteiger partial charge in [-0.3, -0.25) is 4.79 Å². The summed E-state index contributed by atoms with van der Waals surface area (Å²) in [6.07, 6.45) is 3.35. The summed E-state index contributed by atoms with van der Waals surface area (Å²) in [6, 6.07) is 7.93. The molecule has 3 heteroatoms. The first-order chi connectivity index (χ1) is 9.63. The lowest BCUT2D eigenvalue weighted by Gasteiger charge is -2.18. The van der Waals surface area contributed by atoms with Gasteiger partial charge in [0.2, 0.25) is 0 Å². The van der Waals surface area contributed by atoms with Crippen LogP contribution < -0.4 is 5.32 Å². The average molecular weight is 285 g/mol. The Morgan fingerprint density at radius 3 is 2.80 bits per heavy atom. The van der Waals surface area contributed by atoms with Crippen molar-refractivity contribution in [2.75, 3.05) is 5.32 Å². The van der Waals surface area contributed by atoms with Gasteiger partial charge in [-0.05, 0) is 49.8 Å². The lowest BCUT2D eigenvalue weighted by Crippen LogP contribution is -2.16. The minimum Gasteiger partial charge on any atom is -0.322 e. The monoisotopic (exact) mass is 285 g/mol. The summed E-state index contributed by atoms with van der Waals surface area (Å²) in [5.74, 6) is 0.773. The van der Waals surface area contributed by atoms with Gasteiger partial charge < -0.3 is 5.32 Å². The Bertz CT molecular complexity index is 627. The third-order valence-electron chi connectivity index (χ3n) is 3.96. The fraction of sp³-hybridized carbons (Fsp3) is 0.353. The van der Waals surface area contributed by atoms with E-state index in [1.807, 2.05) is 36.6 Å². The van der Waals surface area contributed by atoms with Crippen molar-refractivity contribution in [3.05, 3.63) is 51.2 Å². The third kappa shape index (κ3) is 2.63. The molecule has 0 saturated heterocycles. The van der Waals surface area contributed by atoms with Crippen molar-refractivity contribution < 1.29 is 4.79 Å². The number of anilines is 1. The maximum Gasteiger partial charge on any atom is 0.256 e. The molecule has 104 valence electrons. The van der Waals surface area contributed by atoms with E-state index in [0.717, 1.165) is 30.0 Å². The highest BCUT2D eigenvalue weighted by atomic mass is 32.1. The molecular weight excluding hydrogens is 266 g/mol. The van der Waals surface area contributed by atoms with Crippen molar-refractivity contribution in [3.63, 3.8) is 0 Å². The first-order valence-electron chi connectivity index (χ1n) is 7.10. The van der Waals surface area contributed by atoms with E-state index in [9.17, 15) is 4.79 Å². The van der Waals surface area contributed by atoms with Gasteiger partial charge in [0.15, 0.2) is 0 Å². The summed E-state index contributed by atoms with van der Waals surface area (Å²) in [5.41, 5.74) is 4.21. The van der Waals surface area contributed by atoms with Crippen molar-refractivity contribution in [3.8, 4) is 0 Å². The first-order valence-corrected chi connectivity index (χ1v) is 7.98. The number of carbonyl (C=O) groups excluding carboxylic acids is 1. The van der Waals surface area contributed by atoms with Crippen LogP contribution >= 0.6 is 11.3 Å². The van der Waals surface area contributed by atoms with Gasteiger partial charge in [0, 0.05) is 15.9 Å².